The molecule has 69 heavy (non-hydrogen) atoms. The molecule has 0 aromatic carbocycles. The molecule has 11 heteroatoms. The van der Waals surface area contributed by atoms with Gasteiger partial charge in [-0.1, -0.05) is 206 Å². The maximum absolute atomic E-state index is 12.7. The van der Waals surface area contributed by atoms with Crippen molar-refractivity contribution >= 4 is 19.8 Å². The summed E-state index contributed by atoms with van der Waals surface area (Å²) in [4.78, 5) is 33.7. The first-order chi connectivity index (χ1) is 33.7. The second-order valence-corrected chi connectivity index (χ2v) is 18.7. The molecule has 392 valence electrons. The molecular weight excluding hydrogens is 886 g/mol. The van der Waals surface area contributed by atoms with Gasteiger partial charge in [0.15, 0.2) is 0 Å². The lowest BCUT2D eigenvalue weighted by atomic mass is 10.1. The van der Waals surface area contributed by atoms with Crippen molar-refractivity contribution in [2.45, 2.75) is 206 Å². The molecule has 0 rings (SSSR count). The van der Waals surface area contributed by atoms with Crippen molar-refractivity contribution in [1.29, 1.82) is 0 Å². The van der Waals surface area contributed by atoms with E-state index < -0.39 is 45.1 Å². The monoisotopic (exact) mass is 982 g/mol. The Labute approximate surface area is 420 Å². The van der Waals surface area contributed by atoms with E-state index in [1.54, 1.807) is 0 Å². The van der Waals surface area contributed by atoms with Gasteiger partial charge in [0.25, 0.3) is 0 Å². The van der Waals surface area contributed by atoms with Crippen LogP contribution in [0.5, 0.6) is 0 Å². The SMILES string of the molecule is CC/C=C\C/C=C\C/C=C\C/C=C\C/C=C\C/C=C\CCCCCCC(=O)OC(COCCCCCCCCCCCCC/C=C\C/C=C\C/C=C\C/C=C\CC)COP(=O)(O)OCC(N)C(=O)O. The number of phosphoric acid groups is 1. The van der Waals surface area contributed by atoms with Crippen LogP contribution in [-0.4, -0.2) is 60.5 Å². The number of carbonyl (C=O) groups excluding carboxylic acids is 1. The van der Waals surface area contributed by atoms with E-state index in [1.807, 2.05) is 0 Å². The van der Waals surface area contributed by atoms with Gasteiger partial charge < -0.3 is 25.2 Å². The Kier molecular flexibility index (Phi) is 49.5. The summed E-state index contributed by atoms with van der Waals surface area (Å²) in [7, 11) is -4.64. The summed E-state index contributed by atoms with van der Waals surface area (Å²) in [5, 5.41) is 8.94. The first kappa shape index (κ1) is 65.4. The summed E-state index contributed by atoms with van der Waals surface area (Å²) in [6, 6.07) is -1.49. The highest BCUT2D eigenvalue weighted by Gasteiger charge is 2.27. The zero-order valence-corrected chi connectivity index (χ0v) is 44.0. The maximum Gasteiger partial charge on any atom is 0.472 e. The minimum Gasteiger partial charge on any atom is -0.480 e. The van der Waals surface area contributed by atoms with E-state index in [1.165, 1.54) is 57.8 Å². The van der Waals surface area contributed by atoms with Gasteiger partial charge in [-0.3, -0.25) is 18.6 Å². The van der Waals surface area contributed by atoms with Crippen LogP contribution in [-0.2, 0) is 32.7 Å². The largest absolute Gasteiger partial charge is 0.480 e. The quantitative estimate of drug-likeness (QED) is 0.0232. The van der Waals surface area contributed by atoms with Gasteiger partial charge in [0.1, 0.15) is 12.1 Å². The summed E-state index contributed by atoms with van der Waals surface area (Å²) < 4.78 is 33.5. The molecule has 4 N–H and O–H groups in total. The van der Waals surface area contributed by atoms with Crippen molar-refractivity contribution in [2.75, 3.05) is 26.4 Å². The van der Waals surface area contributed by atoms with Gasteiger partial charge in [-0.25, -0.2) is 4.57 Å². The number of hydrogen-bond acceptors (Lipinski definition) is 8. The number of hydrogen-bond donors (Lipinski definition) is 3. The number of rotatable bonds is 49. The van der Waals surface area contributed by atoms with Crippen molar-refractivity contribution in [1.82, 2.24) is 0 Å². The van der Waals surface area contributed by atoms with Crippen LogP contribution in [0, 0.1) is 0 Å². The number of esters is 1. The molecule has 0 radical (unpaired) electrons. The first-order valence-corrected chi connectivity index (χ1v) is 28.1. The van der Waals surface area contributed by atoms with Crippen LogP contribution in [0.15, 0.2) is 122 Å². The lowest BCUT2D eigenvalue weighted by Gasteiger charge is -2.20. The lowest BCUT2D eigenvalue weighted by Crippen LogP contribution is -2.34. The standard InChI is InChI=1S/C58H96NO9P/c1-3-5-7-9-11-13-15-17-19-21-23-25-27-29-31-33-35-37-39-41-43-45-47-49-51-65-52-55(53-66-69(63,64)67-54-56(59)58(61)62)68-57(60)50-48-46-44-42-40-38-36-34-32-30-28-26-24-22-20-18-16-14-12-10-8-6-4-2/h5-8,11-14,17-20,23-26,30,32,36,38,55-56H,3-4,9-10,15-16,21-22,27-29,31,33-35,37,39-54,59H2,1-2H3,(H,61,62)(H,63,64)/b7-5-,8-6-,13-11-,14-12-,19-17-,20-18-,25-23-,26-24-,32-30-,38-36-. The Hall–Kier alpha value is -3.63. The van der Waals surface area contributed by atoms with Crippen molar-refractivity contribution in [3.8, 4) is 0 Å². The van der Waals surface area contributed by atoms with Gasteiger partial charge in [-0.2, -0.15) is 0 Å². The van der Waals surface area contributed by atoms with E-state index in [2.05, 4.69) is 135 Å². The molecule has 0 bridgehead atoms. The molecule has 0 aromatic rings. The Morgan fingerprint density at radius 1 is 0.464 bits per heavy atom. The summed E-state index contributed by atoms with van der Waals surface area (Å²) in [6.07, 6.45) is 72.5. The Morgan fingerprint density at radius 2 is 0.797 bits per heavy atom. The van der Waals surface area contributed by atoms with Crippen LogP contribution in [0.1, 0.15) is 194 Å². The van der Waals surface area contributed by atoms with Crippen molar-refractivity contribution in [2.24, 2.45) is 5.73 Å². The number of unbranched alkanes of at least 4 members (excludes halogenated alkanes) is 15. The lowest BCUT2D eigenvalue weighted by molar-refractivity contribution is -0.154. The summed E-state index contributed by atoms with van der Waals surface area (Å²) in [6.45, 7) is 3.61. The third kappa shape index (κ3) is 52.0. The third-order valence-electron chi connectivity index (χ3n) is 10.7. The van der Waals surface area contributed by atoms with Crippen molar-refractivity contribution < 1.29 is 42.7 Å². The smallest absolute Gasteiger partial charge is 0.472 e. The van der Waals surface area contributed by atoms with Gasteiger partial charge in [-0.15, -0.1) is 0 Å². The normalized spacial score (nSPS) is 14.6. The van der Waals surface area contributed by atoms with Crippen LogP contribution in [0.2, 0.25) is 0 Å². The maximum atomic E-state index is 12.7. The van der Waals surface area contributed by atoms with Gasteiger partial charge in [0.05, 0.1) is 19.8 Å². The van der Waals surface area contributed by atoms with Gasteiger partial charge in [0, 0.05) is 13.0 Å². The Bertz CT molecular complexity index is 1560. The zero-order chi connectivity index (χ0) is 50.4. The number of carboxylic acid groups (broad SMARTS) is 1. The molecule has 0 aliphatic rings. The van der Waals surface area contributed by atoms with Crippen LogP contribution < -0.4 is 5.73 Å². The molecule has 0 aliphatic heterocycles. The van der Waals surface area contributed by atoms with Crippen molar-refractivity contribution in [3.05, 3.63) is 122 Å². The number of aliphatic carboxylic acids is 1. The van der Waals surface area contributed by atoms with E-state index in [9.17, 15) is 19.0 Å². The average Bonchev–Trinajstić information content (AvgIpc) is 3.33. The van der Waals surface area contributed by atoms with Crippen LogP contribution in [0.3, 0.4) is 0 Å². The molecule has 0 saturated heterocycles. The molecule has 0 aliphatic carbocycles. The predicted octanol–water partition coefficient (Wildman–Crippen LogP) is 16.0. The summed E-state index contributed by atoms with van der Waals surface area (Å²) in [5.74, 6) is -1.81. The number of nitrogens with two attached hydrogens (primary N) is 1. The molecule has 0 heterocycles. The summed E-state index contributed by atoms with van der Waals surface area (Å²) >= 11 is 0. The highest BCUT2D eigenvalue weighted by Crippen LogP contribution is 2.43. The van der Waals surface area contributed by atoms with E-state index in [-0.39, 0.29) is 13.0 Å². The van der Waals surface area contributed by atoms with Crippen LogP contribution in [0.25, 0.3) is 0 Å². The van der Waals surface area contributed by atoms with Gasteiger partial charge >= 0.3 is 19.8 Å². The molecule has 10 nitrogen and oxygen atoms in total. The minimum atomic E-state index is -4.64. The zero-order valence-electron chi connectivity index (χ0n) is 43.1. The highest BCUT2D eigenvalue weighted by molar-refractivity contribution is 7.47. The molecule has 0 amide bonds. The van der Waals surface area contributed by atoms with E-state index in [0.717, 1.165) is 109 Å². The third-order valence-corrected chi connectivity index (χ3v) is 11.7. The number of carbonyl (C=O) groups is 2. The fraction of sp³-hybridized carbons (Fsp3) is 0.621. The van der Waals surface area contributed by atoms with Crippen molar-refractivity contribution in [3.63, 3.8) is 0 Å². The second kappa shape index (κ2) is 52.2. The average molecular weight is 982 g/mol. The van der Waals surface area contributed by atoms with Crippen LogP contribution in [0.4, 0.5) is 0 Å². The van der Waals surface area contributed by atoms with Crippen LogP contribution >= 0.6 is 7.82 Å². The molecule has 0 saturated carbocycles. The topological polar surface area (TPSA) is 155 Å². The number of phosphoric ester groups is 1. The molecule has 3 atom stereocenters. The molecule has 0 aromatic heterocycles. The number of allylic oxidation sites excluding steroid dienone is 20. The number of carboxylic acids is 1. The first-order valence-electron chi connectivity index (χ1n) is 26.6. The second-order valence-electron chi connectivity index (χ2n) is 17.2. The Balaban J connectivity index is 4.21. The van der Waals surface area contributed by atoms with E-state index in [0.29, 0.717) is 13.0 Å². The number of ether oxygens (including phenoxy) is 2. The summed E-state index contributed by atoms with van der Waals surface area (Å²) in [5.41, 5.74) is 5.38. The highest BCUT2D eigenvalue weighted by atomic mass is 31.2. The van der Waals surface area contributed by atoms with Gasteiger partial charge in [0.2, 0.25) is 0 Å². The molecule has 0 fully saturated rings. The molecule has 0 spiro atoms. The fourth-order valence-electron chi connectivity index (χ4n) is 6.72. The fourth-order valence-corrected chi connectivity index (χ4v) is 7.49. The van der Waals surface area contributed by atoms with E-state index in [4.69, 9.17) is 29.4 Å². The minimum absolute atomic E-state index is 0.00419. The van der Waals surface area contributed by atoms with E-state index >= 15 is 0 Å². The predicted molar refractivity (Wildman–Crippen MR) is 290 cm³/mol. The molecular formula is C58H96NO9P. The van der Waals surface area contributed by atoms with Gasteiger partial charge in [-0.05, 0) is 103 Å². The Morgan fingerprint density at radius 3 is 1.19 bits per heavy atom. The molecule has 3 unspecified atom stereocenters.